The Morgan fingerprint density at radius 3 is 2.46 bits per heavy atom. The number of carbonyl (C=O) groups is 2. The van der Waals surface area contributed by atoms with Gasteiger partial charge in [-0.3, -0.25) is 4.68 Å². The van der Waals surface area contributed by atoms with E-state index in [0.29, 0.717) is 18.5 Å². The molecule has 1 atom stereocenters. The highest BCUT2D eigenvalue weighted by atomic mass is 16.6. The van der Waals surface area contributed by atoms with Gasteiger partial charge in [0.25, 0.3) is 0 Å². The number of rotatable bonds is 5. The highest BCUT2D eigenvalue weighted by Gasteiger charge is 2.45. The first-order valence-corrected chi connectivity index (χ1v) is 8.97. The molecule has 0 amide bonds. The number of hydrogen-bond acceptors (Lipinski definition) is 5. The van der Waals surface area contributed by atoms with Gasteiger partial charge in [-0.05, 0) is 44.2 Å². The molecule has 0 aliphatic heterocycles. The zero-order valence-electron chi connectivity index (χ0n) is 15.2. The summed E-state index contributed by atoms with van der Waals surface area (Å²) in [6.07, 6.45) is 5.26. The van der Waals surface area contributed by atoms with Crippen LogP contribution in [0.5, 0.6) is 0 Å². The van der Waals surface area contributed by atoms with Crippen LogP contribution in [0.3, 0.4) is 0 Å². The zero-order valence-corrected chi connectivity index (χ0v) is 15.2. The number of aromatic nitrogens is 2. The van der Waals surface area contributed by atoms with Crippen molar-refractivity contribution in [3.8, 4) is 0 Å². The fourth-order valence-corrected chi connectivity index (χ4v) is 3.54. The van der Waals surface area contributed by atoms with Crippen LogP contribution in [0.1, 0.15) is 61.1 Å². The minimum atomic E-state index is -1.19. The highest BCUT2D eigenvalue weighted by Crippen LogP contribution is 2.34. The molecule has 1 fully saturated rings. The molecule has 0 N–H and O–H groups in total. The van der Waals surface area contributed by atoms with E-state index in [1.54, 1.807) is 16.9 Å². The van der Waals surface area contributed by atoms with Crippen LogP contribution in [-0.4, -0.2) is 34.4 Å². The smallest absolute Gasteiger partial charge is 0.357 e. The molecule has 6 nitrogen and oxygen atoms in total. The summed E-state index contributed by atoms with van der Waals surface area (Å²) in [5.74, 6) is -1.02. The predicted molar refractivity (Wildman–Crippen MR) is 95.7 cm³/mol. The molecule has 0 bridgehead atoms. The summed E-state index contributed by atoms with van der Waals surface area (Å²) in [7, 11) is 1.33. The summed E-state index contributed by atoms with van der Waals surface area (Å²) < 4.78 is 12.3. The standard InChI is InChI=1S/C20H24N2O4/c1-15(16-9-5-3-6-10-16)22-17(11-14-21-22)18(23)26-20(19(24)25-2)12-7-4-8-13-20/h3,5-6,9-11,14-15H,4,7-8,12-13H2,1-2H3/t15-/m1/s1. The Kier molecular flexibility index (Phi) is 5.40. The van der Waals surface area contributed by atoms with E-state index in [9.17, 15) is 9.59 Å². The van der Waals surface area contributed by atoms with Crippen molar-refractivity contribution in [1.29, 1.82) is 0 Å². The van der Waals surface area contributed by atoms with Crippen molar-refractivity contribution in [2.45, 2.75) is 50.7 Å². The molecule has 3 rings (SSSR count). The molecule has 0 spiro atoms. The number of nitrogens with zero attached hydrogens (tertiary/aromatic N) is 2. The maximum Gasteiger partial charge on any atom is 0.357 e. The number of benzene rings is 1. The van der Waals surface area contributed by atoms with Crippen molar-refractivity contribution in [3.63, 3.8) is 0 Å². The summed E-state index contributed by atoms with van der Waals surface area (Å²) >= 11 is 0. The van der Waals surface area contributed by atoms with Crippen molar-refractivity contribution in [2.24, 2.45) is 0 Å². The Balaban J connectivity index is 1.84. The second-order valence-electron chi connectivity index (χ2n) is 6.68. The van der Waals surface area contributed by atoms with Crippen molar-refractivity contribution in [2.75, 3.05) is 7.11 Å². The maximum absolute atomic E-state index is 12.9. The lowest BCUT2D eigenvalue weighted by Crippen LogP contribution is -2.46. The number of esters is 2. The topological polar surface area (TPSA) is 70.4 Å². The van der Waals surface area contributed by atoms with E-state index in [1.165, 1.54) is 7.11 Å². The lowest BCUT2D eigenvalue weighted by Gasteiger charge is -2.33. The Hall–Kier alpha value is -2.63. The molecule has 2 aromatic rings. The first-order chi connectivity index (χ1) is 12.6. The van der Waals surface area contributed by atoms with Gasteiger partial charge in [-0.15, -0.1) is 0 Å². The lowest BCUT2D eigenvalue weighted by molar-refractivity contribution is -0.166. The number of hydrogen-bond donors (Lipinski definition) is 0. The number of methoxy groups -OCH3 is 1. The average Bonchev–Trinajstić information content (AvgIpc) is 3.18. The third-order valence-electron chi connectivity index (χ3n) is 5.03. The molecule has 1 aliphatic carbocycles. The van der Waals surface area contributed by atoms with Crippen molar-refractivity contribution in [1.82, 2.24) is 9.78 Å². The third-order valence-corrected chi connectivity index (χ3v) is 5.03. The fraction of sp³-hybridized carbons (Fsp3) is 0.450. The first-order valence-electron chi connectivity index (χ1n) is 8.97. The summed E-state index contributed by atoms with van der Waals surface area (Å²) in [6, 6.07) is 11.3. The Morgan fingerprint density at radius 2 is 1.81 bits per heavy atom. The Labute approximate surface area is 153 Å². The van der Waals surface area contributed by atoms with Gasteiger partial charge in [0, 0.05) is 6.20 Å². The lowest BCUT2D eigenvalue weighted by atomic mass is 9.84. The van der Waals surface area contributed by atoms with Gasteiger partial charge >= 0.3 is 11.9 Å². The molecule has 0 saturated heterocycles. The SMILES string of the molecule is COC(=O)C1(OC(=O)c2ccnn2[C@H](C)c2ccccc2)CCCCC1. The van der Waals surface area contributed by atoms with Crippen molar-refractivity contribution >= 4 is 11.9 Å². The quantitative estimate of drug-likeness (QED) is 0.767. The molecule has 6 heteroatoms. The monoisotopic (exact) mass is 356 g/mol. The second kappa shape index (κ2) is 7.72. The fourth-order valence-electron chi connectivity index (χ4n) is 3.54. The van der Waals surface area contributed by atoms with E-state index >= 15 is 0 Å². The summed E-state index contributed by atoms with van der Waals surface area (Å²) in [5, 5.41) is 4.29. The van der Waals surface area contributed by atoms with Crippen LogP contribution in [0.15, 0.2) is 42.6 Å². The molecular formula is C20H24N2O4. The molecule has 1 saturated carbocycles. The van der Waals surface area contributed by atoms with Gasteiger partial charge in [-0.1, -0.05) is 36.8 Å². The Morgan fingerprint density at radius 1 is 1.12 bits per heavy atom. The third kappa shape index (κ3) is 3.49. The van der Waals surface area contributed by atoms with Gasteiger partial charge in [0.15, 0.2) is 0 Å². The van der Waals surface area contributed by atoms with Gasteiger partial charge in [-0.2, -0.15) is 5.10 Å². The normalized spacial score (nSPS) is 17.3. The molecule has 1 aliphatic rings. The Bertz CT molecular complexity index is 763. The molecule has 1 aromatic heterocycles. The number of carbonyl (C=O) groups excluding carboxylic acids is 2. The van der Waals surface area contributed by atoms with Crippen LogP contribution in [-0.2, 0) is 14.3 Å². The second-order valence-corrected chi connectivity index (χ2v) is 6.68. The minimum Gasteiger partial charge on any atom is -0.466 e. The molecule has 26 heavy (non-hydrogen) atoms. The van der Waals surface area contributed by atoms with Crippen LogP contribution >= 0.6 is 0 Å². The summed E-state index contributed by atoms with van der Waals surface area (Å²) in [5.41, 5.74) is 0.177. The zero-order chi connectivity index (χ0) is 18.6. The molecule has 1 aromatic carbocycles. The van der Waals surface area contributed by atoms with E-state index in [-0.39, 0.29) is 6.04 Å². The summed E-state index contributed by atoms with van der Waals surface area (Å²) in [6.45, 7) is 1.97. The van der Waals surface area contributed by atoms with Crippen LogP contribution < -0.4 is 0 Å². The molecule has 138 valence electrons. The van der Waals surface area contributed by atoms with Crippen molar-refractivity contribution < 1.29 is 19.1 Å². The summed E-state index contributed by atoms with van der Waals surface area (Å²) in [4.78, 5) is 25.2. The molecule has 1 heterocycles. The van der Waals surface area contributed by atoms with Crippen molar-refractivity contribution in [3.05, 3.63) is 53.9 Å². The minimum absolute atomic E-state index is 0.130. The van der Waals surface area contributed by atoms with Crippen LogP contribution in [0.2, 0.25) is 0 Å². The van der Waals surface area contributed by atoms with E-state index in [0.717, 1.165) is 24.8 Å². The van der Waals surface area contributed by atoms with E-state index in [2.05, 4.69) is 5.10 Å². The maximum atomic E-state index is 12.9. The van der Waals surface area contributed by atoms with Crippen LogP contribution in [0.25, 0.3) is 0 Å². The van der Waals surface area contributed by atoms with E-state index in [4.69, 9.17) is 9.47 Å². The predicted octanol–water partition coefficient (Wildman–Crippen LogP) is 3.53. The highest BCUT2D eigenvalue weighted by molar-refractivity contribution is 5.91. The largest absolute Gasteiger partial charge is 0.466 e. The van der Waals surface area contributed by atoms with Gasteiger partial charge < -0.3 is 9.47 Å². The van der Waals surface area contributed by atoms with Crippen LogP contribution in [0.4, 0.5) is 0 Å². The molecule has 0 radical (unpaired) electrons. The van der Waals surface area contributed by atoms with E-state index < -0.39 is 17.5 Å². The number of ether oxygens (including phenoxy) is 2. The van der Waals surface area contributed by atoms with E-state index in [1.807, 2.05) is 37.3 Å². The van der Waals surface area contributed by atoms with Gasteiger partial charge in [0.2, 0.25) is 5.60 Å². The van der Waals surface area contributed by atoms with Gasteiger partial charge in [-0.25, -0.2) is 9.59 Å². The van der Waals surface area contributed by atoms with Gasteiger partial charge in [0.1, 0.15) is 5.69 Å². The van der Waals surface area contributed by atoms with Gasteiger partial charge in [0.05, 0.1) is 13.2 Å². The molecular weight excluding hydrogens is 332 g/mol. The molecule has 0 unspecified atom stereocenters. The van der Waals surface area contributed by atoms with Crippen LogP contribution in [0, 0.1) is 0 Å². The average molecular weight is 356 g/mol. The first kappa shape index (κ1) is 18.2.